The molecule has 0 radical (unpaired) electrons. The summed E-state index contributed by atoms with van der Waals surface area (Å²) in [5, 5.41) is 2.92. The van der Waals surface area contributed by atoms with E-state index < -0.39 is 0 Å². The van der Waals surface area contributed by atoms with E-state index in [-0.39, 0.29) is 17.2 Å². The van der Waals surface area contributed by atoms with Crippen molar-refractivity contribution in [2.45, 2.75) is 46.0 Å². The quantitative estimate of drug-likeness (QED) is 0.807. The van der Waals surface area contributed by atoms with Crippen LogP contribution in [0, 0.1) is 5.92 Å². The minimum atomic E-state index is -0.172. The van der Waals surface area contributed by atoms with Crippen molar-refractivity contribution in [3.05, 3.63) is 65.2 Å². The highest BCUT2D eigenvalue weighted by atomic mass is 16.2. The molecule has 1 atom stereocenters. The van der Waals surface area contributed by atoms with Gasteiger partial charge >= 0.3 is 0 Å². The molecule has 1 aliphatic heterocycles. The van der Waals surface area contributed by atoms with Crippen LogP contribution >= 0.6 is 0 Å². The molecule has 4 heteroatoms. The third-order valence-corrected chi connectivity index (χ3v) is 5.35. The van der Waals surface area contributed by atoms with Gasteiger partial charge in [0.15, 0.2) is 0 Å². The molecule has 1 unspecified atom stereocenters. The van der Waals surface area contributed by atoms with Crippen LogP contribution in [0.1, 0.15) is 66.8 Å². The van der Waals surface area contributed by atoms with Crippen molar-refractivity contribution in [2.75, 3.05) is 18.4 Å². The number of carbonyl (C=O) groups is 2. The molecule has 1 aliphatic rings. The number of carbonyl (C=O) groups excluding carboxylic acids is 2. The number of anilines is 1. The number of nitrogens with one attached hydrogen (secondary N) is 1. The number of amides is 2. The summed E-state index contributed by atoms with van der Waals surface area (Å²) in [6, 6.07) is 14.9. The van der Waals surface area contributed by atoms with Gasteiger partial charge in [0.05, 0.1) is 0 Å². The molecule has 4 nitrogen and oxygen atoms in total. The predicted molar refractivity (Wildman–Crippen MR) is 114 cm³/mol. The average Bonchev–Trinajstić information content (AvgIpc) is 2.67. The first-order valence-electron chi connectivity index (χ1n) is 10.1. The van der Waals surface area contributed by atoms with E-state index in [0.717, 1.165) is 25.2 Å². The number of likely N-dealkylation sites (tertiary alicyclic amines) is 1. The fraction of sp³-hybridized carbons (Fsp3) is 0.417. The molecule has 148 valence electrons. The molecular weight excluding hydrogens is 348 g/mol. The molecule has 2 aromatic carbocycles. The number of hydrogen-bond acceptors (Lipinski definition) is 2. The van der Waals surface area contributed by atoms with Crippen molar-refractivity contribution in [1.29, 1.82) is 0 Å². The Bertz CT molecular complexity index is 832. The average molecular weight is 379 g/mol. The summed E-state index contributed by atoms with van der Waals surface area (Å²) in [6.07, 6.45) is 2.24. The maximum atomic E-state index is 12.7. The summed E-state index contributed by atoms with van der Waals surface area (Å²) in [5.41, 5.74) is 3.25. The molecule has 28 heavy (non-hydrogen) atoms. The third-order valence-electron chi connectivity index (χ3n) is 5.35. The second-order valence-electron chi connectivity index (χ2n) is 8.86. The highest BCUT2D eigenvalue weighted by Crippen LogP contribution is 2.24. The lowest BCUT2D eigenvalue weighted by Gasteiger charge is -2.31. The monoisotopic (exact) mass is 378 g/mol. The Morgan fingerprint density at radius 2 is 1.57 bits per heavy atom. The Labute approximate surface area is 167 Å². The second-order valence-corrected chi connectivity index (χ2v) is 8.86. The van der Waals surface area contributed by atoms with Crippen LogP contribution in [0.4, 0.5) is 5.69 Å². The van der Waals surface area contributed by atoms with Crippen molar-refractivity contribution in [3.8, 4) is 0 Å². The molecule has 1 heterocycles. The number of hydrogen-bond donors (Lipinski definition) is 1. The van der Waals surface area contributed by atoms with Crippen LogP contribution < -0.4 is 5.32 Å². The molecule has 1 N–H and O–H groups in total. The van der Waals surface area contributed by atoms with Crippen LogP contribution in [0.25, 0.3) is 0 Å². The van der Waals surface area contributed by atoms with E-state index in [9.17, 15) is 9.59 Å². The number of nitrogens with zero attached hydrogens (tertiary/aromatic N) is 1. The van der Waals surface area contributed by atoms with Gasteiger partial charge in [-0.2, -0.15) is 0 Å². The maximum absolute atomic E-state index is 12.7. The zero-order chi connectivity index (χ0) is 20.3. The van der Waals surface area contributed by atoms with Gasteiger partial charge in [-0.25, -0.2) is 0 Å². The van der Waals surface area contributed by atoms with Crippen LogP contribution in [0.15, 0.2) is 48.5 Å². The van der Waals surface area contributed by atoms with Crippen molar-refractivity contribution in [1.82, 2.24) is 4.90 Å². The van der Waals surface area contributed by atoms with Crippen LogP contribution in [0.5, 0.6) is 0 Å². The number of piperidine rings is 1. The molecule has 0 aromatic heterocycles. The summed E-state index contributed by atoms with van der Waals surface area (Å²) in [4.78, 5) is 27.1. The van der Waals surface area contributed by atoms with Gasteiger partial charge < -0.3 is 10.2 Å². The molecule has 1 saturated heterocycles. The van der Waals surface area contributed by atoms with Gasteiger partial charge in [-0.15, -0.1) is 0 Å². The van der Waals surface area contributed by atoms with Gasteiger partial charge in [0.25, 0.3) is 11.8 Å². The predicted octanol–water partition coefficient (Wildman–Crippen LogP) is 5.11. The first-order chi connectivity index (χ1) is 13.2. The van der Waals surface area contributed by atoms with Gasteiger partial charge in [-0.05, 0) is 66.1 Å². The minimum Gasteiger partial charge on any atom is -0.338 e. The van der Waals surface area contributed by atoms with Crippen molar-refractivity contribution < 1.29 is 9.59 Å². The number of rotatable bonds is 3. The third kappa shape index (κ3) is 4.80. The van der Waals surface area contributed by atoms with Gasteiger partial charge in [0, 0.05) is 29.9 Å². The van der Waals surface area contributed by atoms with E-state index >= 15 is 0 Å². The molecule has 0 saturated carbocycles. The normalized spacial score (nSPS) is 17.3. The van der Waals surface area contributed by atoms with Crippen molar-refractivity contribution in [2.24, 2.45) is 5.92 Å². The SMILES string of the molecule is CC1CCCN(C(=O)c2ccc(C(=O)Nc3ccc(C(C)(C)C)cc3)cc2)C1. The van der Waals surface area contributed by atoms with E-state index in [1.807, 2.05) is 29.2 Å². The van der Waals surface area contributed by atoms with Crippen molar-refractivity contribution in [3.63, 3.8) is 0 Å². The molecule has 0 spiro atoms. The Balaban J connectivity index is 1.64. The molecule has 2 amide bonds. The van der Waals surface area contributed by atoms with Crippen LogP contribution in [0.3, 0.4) is 0 Å². The van der Waals surface area contributed by atoms with E-state index in [4.69, 9.17) is 0 Å². The maximum Gasteiger partial charge on any atom is 0.255 e. The Morgan fingerprint density at radius 3 is 2.14 bits per heavy atom. The summed E-state index contributed by atoms with van der Waals surface area (Å²) >= 11 is 0. The molecule has 2 aromatic rings. The minimum absolute atomic E-state index is 0.0521. The van der Waals surface area contributed by atoms with E-state index in [2.05, 4.69) is 33.0 Å². The van der Waals surface area contributed by atoms with Crippen LogP contribution in [0.2, 0.25) is 0 Å². The first kappa shape index (κ1) is 20.1. The highest BCUT2D eigenvalue weighted by molar-refractivity contribution is 6.05. The second kappa shape index (κ2) is 8.17. The smallest absolute Gasteiger partial charge is 0.255 e. The van der Waals surface area contributed by atoms with Gasteiger partial charge in [-0.3, -0.25) is 9.59 Å². The largest absolute Gasteiger partial charge is 0.338 e. The molecule has 3 rings (SSSR count). The standard InChI is InChI=1S/C24H30N2O2/c1-17-6-5-15-26(16-17)23(28)19-9-7-18(8-10-19)22(27)25-21-13-11-20(12-14-21)24(2,3)4/h7-14,17H,5-6,15-16H2,1-4H3,(H,25,27). The Hall–Kier alpha value is -2.62. The topological polar surface area (TPSA) is 49.4 Å². The molecule has 0 bridgehead atoms. The summed E-state index contributed by atoms with van der Waals surface area (Å²) in [7, 11) is 0. The molecule has 0 aliphatic carbocycles. The fourth-order valence-electron chi connectivity index (χ4n) is 3.58. The van der Waals surface area contributed by atoms with Crippen LogP contribution in [-0.4, -0.2) is 29.8 Å². The van der Waals surface area contributed by atoms with Gasteiger partial charge in [0.2, 0.25) is 0 Å². The van der Waals surface area contributed by atoms with E-state index in [1.165, 1.54) is 12.0 Å². The Kier molecular flexibility index (Phi) is 5.87. The lowest BCUT2D eigenvalue weighted by molar-refractivity contribution is 0.0682. The lowest BCUT2D eigenvalue weighted by Crippen LogP contribution is -2.39. The molecular formula is C24H30N2O2. The zero-order valence-corrected chi connectivity index (χ0v) is 17.3. The van der Waals surface area contributed by atoms with E-state index in [1.54, 1.807) is 24.3 Å². The van der Waals surface area contributed by atoms with Crippen molar-refractivity contribution >= 4 is 17.5 Å². The van der Waals surface area contributed by atoms with Gasteiger partial charge in [0.1, 0.15) is 0 Å². The lowest BCUT2D eigenvalue weighted by atomic mass is 9.87. The fourth-order valence-corrected chi connectivity index (χ4v) is 3.58. The first-order valence-corrected chi connectivity index (χ1v) is 10.1. The highest BCUT2D eigenvalue weighted by Gasteiger charge is 2.22. The summed E-state index contributed by atoms with van der Waals surface area (Å²) in [5.74, 6) is 0.429. The Morgan fingerprint density at radius 1 is 0.964 bits per heavy atom. The van der Waals surface area contributed by atoms with Crippen LogP contribution in [-0.2, 0) is 5.41 Å². The van der Waals surface area contributed by atoms with E-state index in [0.29, 0.717) is 17.0 Å². The summed E-state index contributed by atoms with van der Waals surface area (Å²) in [6.45, 7) is 10.3. The number of benzene rings is 2. The zero-order valence-electron chi connectivity index (χ0n) is 17.3. The summed E-state index contributed by atoms with van der Waals surface area (Å²) < 4.78 is 0. The molecule has 1 fully saturated rings. The van der Waals surface area contributed by atoms with Gasteiger partial charge in [-0.1, -0.05) is 39.8 Å².